The number of amides is 1. The number of para-hydroxylation sites is 2. The van der Waals surface area contributed by atoms with Gasteiger partial charge in [0.1, 0.15) is 5.75 Å². The van der Waals surface area contributed by atoms with E-state index in [-0.39, 0.29) is 5.91 Å². The van der Waals surface area contributed by atoms with Crippen molar-refractivity contribution in [1.29, 1.82) is 0 Å². The zero-order chi connectivity index (χ0) is 18.9. The minimum atomic E-state index is 0.0496. The second kappa shape index (κ2) is 10.1. The molecule has 0 bridgehead atoms. The quantitative estimate of drug-likeness (QED) is 0.754. The number of likely N-dealkylation sites (tertiary alicyclic amines) is 1. The van der Waals surface area contributed by atoms with Gasteiger partial charge in [0.05, 0.1) is 12.3 Å². The summed E-state index contributed by atoms with van der Waals surface area (Å²) in [7, 11) is 0. The Morgan fingerprint density at radius 2 is 1.78 bits per heavy atom. The average molecular weight is 367 g/mol. The predicted molar refractivity (Wildman–Crippen MR) is 110 cm³/mol. The highest BCUT2D eigenvalue weighted by molar-refractivity contribution is 5.92. The van der Waals surface area contributed by atoms with E-state index in [2.05, 4.69) is 40.5 Å². The lowest BCUT2D eigenvalue weighted by molar-refractivity contribution is -0.116. The molecule has 1 heterocycles. The molecule has 1 aliphatic heterocycles. The number of nitrogens with one attached hydrogen (secondary N) is 1. The Hall–Kier alpha value is -2.33. The van der Waals surface area contributed by atoms with Gasteiger partial charge in [0.2, 0.25) is 5.91 Å². The van der Waals surface area contributed by atoms with Gasteiger partial charge in [-0.05, 0) is 62.9 Å². The van der Waals surface area contributed by atoms with Crippen molar-refractivity contribution in [3.8, 4) is 5.75 Å². The first kappa shape index (κ1) is 19.4. The normalized spacial score (nSPS) is 15.4. The third kappa shape index (κ3) is 6.10. The Morgan fingerprint density at radius 1 is 1.07 bits per heavy atom. The van der Waals surface area contributed by atoms with E-state index in [1.807, 2.05) is 31.2 Å². The van der Waals surface area contributed by atoms with Crippen LogP contribution in [0.2, 0.25) is 0 Å². The molecule has 0 atom stereocenters. The monoisotopic (exact) mass is 366 g/mol. The van der Waals surface area contributed by atoms with Crippen LogP contribution in [0.1, 0.15) is 31.7 Å². The number of piperidine rings is 1. The average Bonchev–Trinajstić information content (AvgIpc) is 2.70. The third-order valence-corrected chi connectivity index (χ3v) is 5.19. The molecule has 0 aromatic heterocycles. The lowest BCUT2D eigenvalue weighted by Crippen LogP contribution is -2.36. The molecule has 1 fully saturated rings. The first-order valence-electron chi connectivity index (χ1n) is 10.0. The number of carbonyl (C=O) groups excluding carboxylic acids is 1. The van der Waals surface area contributed by atoms with Crippen LogP contribution in [0.4, 0.5) is 5.69 Å². The smallest absolute Gasteiger partial charge is 0.225 e. The Balaban J connectivity index is 1.39. The van der Waals surface area contributed by atoms with Gasteiger partial charge in [0, 0.05) is 13.0 Å². The summed E-state index contributed by atoms with van der Waals surface area (Å²) in [6, 6.07) is 18.3. The first-order chi connectivity index (χ1) is 13.2. The summed E-state index contributed by atoms with van der Waals surface area (Å²) in [6.45, 7) is 5.52. The third-order valence-electron chi connectivity index (χ3n) is 5.19. The second-order valence-corrected chi connectivity index (χ2v) is 7.20. The van der Waals surface area contributed by atoms with Crippen LogP contribution in [0.25, 0.3) is 0 Å². The Bertz CT molecular complexity index is 709. The van der Waals surface area contributed by atoms with Crippen molar-refractivity contribution in [3.05, 3.63) is 60.2 Å². The van der Waals surface area contributed by atoms with E-state index >= 15 is 0 Å². The molecule has 1 amide bonds. The standard InChI is InChI=1S/C23H30N2O2/c1-2-27-22-11-7-6-10-21(22)24-23(26)14-17-25-15-12-20(13-16-25)18-19-8-4-3-5-9-19/h3-11,20H,2,12-18H2,1H3,(H,24,26). The maximum absolute atomic E-state index is 12.3. The van der Waals surface area contributed by atoms with E-state index in [0.29, 0.717) is 13.0 Å². The van der Waals surface area contributed by atoms with Crippen LogP contribution in [-0.2, 0) is 11.2 Å². The lowest BCUT2D eigenvalue weighted by Gasteiger charge is -2.31. The molecule has 1 aliphatic rings. The number of hydrogen-bond donors (Lipinski definition) is 1. The molecule has 0 spiro atoms. The second-order valence-electron chi connectivity index (χ2n) is 7.20. The molecule has 27 heavy (non-hydrogen) atoms. The first-order valence-corrected chi connectivity index (χ1v) is 10.0. The van der Waals surface area contributed by atoms with Crippen LogP contribution in [0.5, 0.6) is 5.75 Å². The van der Waals surface area contributed by atoms with Crippen molar-refractivity contribution in [1.82, 2.24) is 4.90 Å². The van der Waals surface area contributed by atoms with Crippen molar-refractivity contribution >= 4 is 11.6 Å². The van der Waals surface area contributed by atoms with Crippen molar-refractivity contribution in [2.75, 3.05) is 31.6 Å². The molecule has 4 nitrogen and oxygen atoms in total. The van der Waals surface area contributed by atoms with E-state index in [9.17, 15) is 4.79 Å². The molecule has 2 aromatic rings. The van der Waals surface area contributed by atoms with Gasteiger partial charge in [-0.15, -0.1) is 0 Å². The summed E-state index contributed by atoms with van der Waals surface area (Å²) in [4.78, 5) is 14.7. The molecule has 0 aliphatic carbocycles. The van der Waals surface area contributed by atoms with Gasteiger partial charge < -0.3 is 15.0 Å². The molecule has 4 heteroatoms. The number of rotatable bonds is 8. The van der Waals surface area contributed by atoms with E-state index in [1.54, 1.807) is 0 Å². The molecule has 0 saturated carbocycles. The SMILES string of the molecule is CCOc1ccccc1NC(=O)CCN1CCC(Cc2ccccc2)CC1. The number of ether oxygens (including phenoxy) is 1. The molecular formula is C23H30N2O2. The largest absolute Gasteiger partial charge is 0.492 e. The van der Waals surface area contributed by atoms with Crippen LogP contribution in [-0.4, -0.2) is 37.0 Å². The number of nitrogens with zero attached hydrogens (tertiary/aromatic N) is 1. The van der Waals surface area contributed by atoms with Gasteiger partial charge in [-0.25, -0.2) is 0 Å². The highest BCUT2D eigenvalue weighted by Gasteiger charge is 2.20. The maximum Gasteiger partial charge on any atom is 0.225 e. The lowest BCUT2D eigenvalue weighted by atomic mass is 9.90. The van der Waals surface area contributed by atoms with E-state index < -0.39 is 0 Å². The zero-order valence-electron chi connectivity index (χ0n) is 16.2. The number of anilines is 1. The highest BCUT2D eigenvalue weighted by atomic mass is 16.5. The van der Waals surface area contributed by atoms with Crippen molar-refractivity contribution in [2.45, 2.75) is 32.6 Å². The van der Waals surface area contributed by atoms with Gasteiger partial charge in [-0.3, -0.25) is 4.79 Å². The van der Waals surface area contributed by atoms with E-state index in [4.69, 9.17) is 4.74 Å². The minimum Gasteiger partial charge on any atom is -0.492 e. The fourth-order valence-corrected chi connectivity index (χ4v) is 3.69. The summed E-state index contributed by atoms with van der Waals surface area (Å²) in [6.07, 6.45) is 4.11. The molecule has 2 aromatic carbocycles. The van der Waals surface area contributed by atoms with Crippen molar-refractivity contribution in [3.63, 3.8) is 0 Å². The van der Waals surface area contributed by atoms with Crippen LogP contribution >= 0.6 is 0 Å². The van der Waals surface area contributed by atoms with Gasteiger partial charge >= 0.3 is 0 Å². The Morgan fingerprint density at radius 3 is 2.52 bits per heavy atom. The van der Waals surface area contributed by atoms with Crippen LogP contribution in [0.3, 0.4) is 0 Å². The van der Waals surface area contributed by atoms with Gasteiger partial charge in [0.15, 0.2) is 0 Å². The predicted octanol–water partition coefficient (Wildman–Crippen LogP) is 4.37. The molecule has 0 radical (unpaired) electrons. The molecular weight excluding hydrogens is 336 g/mol. The minimum absolute atomic E-state index is 0.0496. The number of hydrogen-bond acceptors (Lipinski definition) is 3. The summed E-state index contributed by atoms with van der Waals surface area (Å²) in [5, 5.41) is 2.99. The molecule has 3 rings (SSSR count). The Kier molecular flexibility index (Phi) is 7.28. The molecule has 144 valence electrons. The van der Waals surface area contributed by atoms with Crippen molar-refractivity contribution < 1.29 is 9.53 Å². The topological polar surface area (TPSA) is 41.6 Å². The zero-order valence-corrected chi connectivity index (χ0v) is 16.2. The fourth-order valence-electron chi connectivity index (χ4n) is 3.69. The number of benzene rings is 2. The van der Waals surface area contributed by atoms with E-state index in [0.717, 1.165) is 37.0 Å². The highest BCUT2D eigenvalue weighted by Crippen LogP contribution is 2.24. The van der Waals surface area contributed by atoms with Crippen LogP contribution in [0, 0.1) is 5.92 Å². The summed E-state index contributed by atoms with van der Waals surface area (Å²) < 4.78 is 5.57. The van der Waals surface area contributed by atoms with Crippen molar-refractivity contribution in [2.24, 2.45) is 5.92 Å². The molecule has 1 N–H and O–H groups in total. The van der Waals surface area contributed by atoms with E-state index in [1.165, 1.54) is 24.8 Å². The Labute approximate surface area is 162 Å². The van der Waals surface area contributed by atoms with Gasteiger partial charge in [-0.1, -0.05) is 42.5 Å². The summed E-state index contributed by atoms with van der Waals surface area (Å²) in [5.41, 5.74) is 2.19. The fraction of sp³-hybridized carbons (Fsp3) is 0.435. The van der Waals surface area contributed by atoms with Gasteiger partial charge in [-0.2, -0.15) is 0 Å². The molecule has 0 unspecified atom stereocenters. The van der Waals surface area contributed by atoms with Crippen LogP contribution in [0.15, 0.2) is 54.6 Å². The summed E-state index contributed by atoms with van der Waals surface area (Å²) >= 11 is 0. The number of carbonyl (C=O) groups is 1. The summed E-state index contributed by atoms with van der Waals surface area (Å²) in [5.74, 6) is 1.54. The van der Waals surface area contributed by atoms with Crippen LogP contribution < -0.4 is 10.1 Å². The molecule has 1 saturated heterocycles. The van der Waals surface area contributed by atoms with Gasteiger partial charge in [0.25, 0.3) is 0 Å². The maximum atomic E-state index is 12.3.